The number of hydrogen-bond donors (Lipinski definition) is 2. The SMILES string of the molecule is Cc1c(C#CC2CCOCC2)sc2c1SC[C@H](NC(=O)c1n[nH]c(Cc3ccccc3)n1)C(=O)N2C. The first-order chi connectivity index (χ1) is 17.5. The van der Waals surface area contributed by atoms with Gasteiger partial charge in [-0.05, 0) is 30.9 Å². The number of amides is 2. The number of hydrogen-bond acceptors (Lipinski definition) is 7. The summed E-state index contributed by atoms with van der Waals surface area (Å²) in [5, 5.41) is 10.6. The maximum atomic E-state index is 13.3. The van der Waals surface area contributed by atoms with Crippen molar-refractivity contribution in [3.05, 3.63) is 58.0 Å². The van der Waals surface area contributed by atoms with Gasteiger partial charge in [0.2, 0.25) is 5.82 Å². The van der Waals surface area contributed by atoms with Gasteiger partial charge < -0.3 is 15.0 Å². The van der Waals surface area contributed by atoms with Crippen molar-refractivity contribution in [3.63, 3.8) is 0 Å². The van der Waals surface area contributed by atoms with Crippen LogP contribution in [0.15, 0.2) is 35.2 Å². The number of aromatic nitrogens is 3. The third kappa shape index (κ3) is 5.33. The number of anilines is 1. The molecule has 36 heavy (non-hydrogen) atoms. The minimum atomic E-state index is -0.681. The molecule has 1 atom stereocenters. The maximum Gasteiger partial charge on any atom is 0.291 e. The molecule has 186 valence electrons. The normalized spacial score (nSPS) is 18.2. The fourth-order valence-corrected chi connectivity index (χ4v) is 6.70. The van der Waals surface area contributed by atoms with E-state index in [1.807, 2.05) is 30.3 Å². The highest BCUT2D eigenvalue weighted by Crippen LogP contribution is 2.44. The van der Waals surface area contributed by atoms with Crippen molar-refractivity contribution >= 4 is 39.9 Å². The number of rotatable bonds is 4. The molecule has 3 aromatic rings. The molecular formula is C26H27N5O3S2. The zero-order valence-electron chi connectivity index (χ0n) is 20.2. The molecule has 0 unspecified atom stereocenters. The van der Waals surface area contributed by atoms with Crippen LogP contribution in [0.5, 0.6) is 0 Å². The van der Waals surface area contributed by atoms with Crippen LogP contribution in [-0.4, -0.2) is 59.1 Å². The van der Waals surface area contributed by atoms with Gasteiger partial charge in [0.05, 0.1) is 4.88 Å². The number of carbonyl (C=O) groups is 2. The Labute approximate surface area is 218 Å². The molecular weight excluding hydrogens is 494 g/mol. The van der Waals surface area contributed by atoms with Crippen LogP contribution in [0.2, 0.25) is 0 Å². The van der Waals surface area contributed by atoms with E-state index in [2.05, 4.69) is 39.3 Å². The third-order valence-electron chi connectivity index (χ3n) is 6.27. The number of likely N-dealkylation sites (N-methyl/N-ethyl adjacent to an activating group) is 1. The summed E-state index contributed by atoms with van der Waals surface area (Å²) < 4.78 is 5.42. The molecule has 0 radical (unpaired) electrons. The van der Waals surface area contributed by atoms with Crippen molar-refractivity contribution in [2.24, 2.45) is 5.92 Å². The fraction of sp³-hybridized carbons (Fsp3) is 0.385. The predicted molar refractivity (Wildman–Crippen MR) is 140 cm³/mol. The number of thioether (sulfide) groups is 1. The first kappa shape index (κ1) is 24.6. The average Bonchev–Trinajstić information content (AvgIpc) is 3.47. The van der Waals surface area contributed by atoms with Gasteiger partial charge in [-0.2, -0.15) is 0 Å². The summed E-state index contributed by atoms with van der Waals surface area (Å²) in [6.07, 6.45) is 2.47. The summed E-state index contributed by atoms with van der Waals surface area (Å²) in [5.41, 5.74) is 2.15. The molecule has 2 aliphatic rings. The Morgan fingerprint density at radius 1 is 1.28 bits per heavy atom. The van der Waals surface area contributed by atoms with Gasteiger partial charge in [-0.1, -0.05) is 42.2 Å². The van der Waals surface area contributed by atoms with Crippen molar-refractivity contribution in [3.8, 4) is 11.8 Å². The molecule has 0 bridgehead atoms. The highest BCUT2D eigenvalue weighted by Gasteiger charge is 2.33. The van der Waals surface area contributed by atoms with Gasteiger partial charge in [-0.15, -0.1) is 28.2 Å². The lowest BCUT2D eigenvalue weighted by molar-refractivity contribution is -0.119. The smallest absolute Gasteiger partial charge is 0.291 e. The number of benzene rings is 1. The number of ether oxygens (including phenoxy) is 1. The first-order valence-corrected chi connectivity index (χ1v) is 13.7. The Morgan fingerprint density at radius 2 is 2.06 bits per heavy atom. The molecule has 0 spiro atoms. The van der Waals surface area contributed by atoms with E-state index in [1.54, 1.807) is 23.7 Å². The first-order valence-electron chi connectivity index (χ1n) is 11.9. The summed E-state index contributed by atoms with van der Waals surface area (Å²) in [4.78, 5) is 34.1. The van der Waals surface area contributed by atoms with Crippen LogP contribution in [0, 0.1) is 24.7 Å². The third-order valence-corrected chi connectivity index (χ3v) is 8.97. The average molecular weight is 522 g/mol. The second-order valence-electron chi connectivity index (χ2n) is 8.85. The maximum absolute atomic E-state index is 13.3. The van der Waals surface area contributed by atoms with Gasteiger partial charge in [0.1, 0.15) is 16.9 Å². The Morgan fingerprint density at radius 3 is 2.83 bits per heavy atom. The van der Waals surface area contributed by atoms with Crippen LogP contribution in [0.4, 0.5) is 5.00 Å². The monoisotopic (exact) mass is 521 g/mol. The van der Waals surface area contributed by atoms with Gasteiger partial charge in [-0.25, -0.2) is 4.98 Å². The number of fused-ring (bicyclic) bond motifs is 1. The van der Waals surface area contributed by atoms with E-state index in [0.717, 1.165) is 52.0 Å². The van der Waals surface area contributed by atoms with Gasteiger partial charge >= 0.3 is 0 Å². The number of thiophene rings is 1. The van der Waals surface area contributed by atoms with E-state index in [9.17, 15) is 9.59 Å². The van der Waals surface area contributed by atoms with E-state index in [-0.39, 0.29) is 11.7 Å². The quantitative estimate of drug-likeness (QED) is 0.511. The van der Waals surface area contributed by atoms with Crippen molar-refractivity contribution in [1.82, 2.24) is 20.5 Å². The second kappa shape index (κ2) is 10.9. The van der Waals surface area contributed by atoms with Crippen LogP contribution in [-0.2, 0) is 16.0 Å². The van der Waals surface area contributed by atoms with Gasteiger partial charge in [-0.3, -0.25) is 14.7 Å². The molecule has 8 nitrogen and oxygen atoms in total. The highest BCUT2D eigenvalue weighted by atomic mass is 32.2. The highest BCUT2D eigenvalue weighted by molar-refractivity contribution is 7.99. The Balaban J connectivity index is 1.26. The van der Waals surface area contributed by atoms with Crippen LogP contribution in [0.25, 0.3) is 0 Å². The minimum absolute atomic E-state index is 0.0299. The van der Waals surface area contributed by atoms with Crippen molar-refractivity contribution in [2.75, 3.05) is 30.9 Å². The molecule has 1 fully saturated rings. The van der Waals surface area contributed by atoms with E-state index >= 15 is 0 Å². The van der Waals surface area contributed by atoms with Crippen LogP contribution >= 0.6 is 23.1 Å². The predicted octanol–water partition coefficient (Wildman–Crippen LogP) is 3.41. The fourth-order valence-electron chi connectivity index (χ4n) is 4.17. The minimum Gasteiger partial charge on any atom is -0.381 e. The second-order valence-corrected chi connectivity index (χ2v) is 10.9. The van der Waals surface area contributed by atoms with E-state index < -0.39 is 11.9 Å². The number of carbonyl (C=O) groups excluding carboxylic acids is 2. The summed E-state index contributed by atoms with van der Waals surface area (Å²) >= 11 is 3.11. The molecule has 1 saturated heterocycles. The molecule has 2 N–H and O–H groups in total. The number of nitrogens with one attached hydrogen (secondary N) is 2. The van der Waals surface area contributed by atoms with Crippen LogP contribution < -0.4 is 10.2 Å². The van der Waals surface area contributed by atoms with Crippen LogP contribution in [0.3, 0.4) is 0 Å². The molecule has 10 heteroatoms. The van der Waals surface area contributed by atoms with Gasteiger partial charge in [0.25, 0.3) is 11.8 Å². The standard InChI is InChI=1S/C26H27N5O3S2/c1-16-20(9-8-17-10-12-34-13-11-17)36-26-22(16)35-15-19(25(33)31(26)2)27-24(32)23-28-21(29-30-23)14-18-6-4-3-5-7-18/h3-7,17,19H,10-15H2,1-2H3,(H,27,32)(H,28,29,30)/t19-/m0/s1. The number of aromatic amines is 1. The van der Waals surface area contributed by atoms with Gasteiger partial charge in [0, 0.05) is 43.2 Å². The Bertz CT molecular complexity index is 1320. The zero-order chi connectivity index (χ0) is 25.1. The van der Waals surface area contributed by atoms with Crippen molar-refractivity contribution < 1.29 is 14.3 Å². The molecule has 2 amide bonds. The largest absolute Gasteiger partial charge is 0.381 e. The lowest BCUT2D eigenvalue weighted by Gasteiger charge is -2.19. The number of nitrogens with zero attached hydrogens (tertiary/aromatic N) is 3. The molecule has 0 saturated carbocycles. The van der Waals surface area contributed by atoms with Gasteiger partial charge in [0.15, 0.2) is 0 Å². The van der Waals surface area contributed by atoms with E-state index in [0.29, 0.717) is 23.9 Å². The lowest BCUT2D eigenvalue weighted by atomic mass is 10.0. The van der Waals surface area contributed by atoms with E-state index in [1.165, 1.54) is 11.3 Å². The summed E-state index contributed by atoms with van der Waals surface area (Å²) in [6.45, 7) is 3.58. The summed E-state index contributed by atoms with van der Waals surface area (Å²) in [7, 11) is 1.75. The molecule has 4 heterocycles. The Hall–Kier alpha value is -3.13. The van der Waals surface area contributed by atoms with Crippen molar-refractivity contribution in [1.29, 1.82) is 0 Å². The van der Waals surface area contributed by atoms with Crippen LogP contribution in [0.1, 0.15) is 45.3 Å². The Kier molecular flexibility index (Phi) is 7.41. The summed E-state index contributed by atoms with van der Waals surface area (Å²) in [6, 6.07) is 9.15. The number of H-pyrrole nitrogens is 1. The lowest BCUT2D eigenvalue weighted by Crippen LogP contribution is -2.48. The molecule has 1 aromatic carbocycles. The topological polar surface area (TPSA) is 100 Å². The zero-order valence-corrected chi connectivity index (χ0v) is 21.8. The molecule has 2 aromatic heterocycles. The molecule has 2 aliphatic heterocycles. The summed E-state index contributed by atoms with van der Waals surface area (Å²) in [5.74, 6) is 7.52. The molecule has 0 aliphatic carbocycles. The van der Waals surface area contributed by atoms with Crippen molar-refractivity contribution in [2.45, 2.75) is 37.1 Å². The molecule has 5 rings (SSSR count). The van der Waals surface area contributed by atoms with E-state index in [4.69, 9.17) is 4.74 Å².